The number of nitrogens with zero attached hydrogens (tertiary/aromatic N) is 3. The first-order chi connectivity index (χ1) is 17.4. The van der Waals surface area contributed by atoms with Crippen molar-refractivity contribution in [3.8, 4) is 17.1 Å². The molecule has 3 aromatic rings. The molecule has 2 heterocycles. The van der Waals surface area contributed by atoms with Crippen molar-refractivity contribution in [2.45, 2.75) is 31.2 Å². The summed E-state index contributed by atoms with van der Waals surface area (Å²) in [6, 6.07) is 7.35. The Bertz CT molecular complexity index is 1310. The van der Waals surface area contributed by atoms with Crippen molar-refractivity contribution in [1.82, 2.24) is 10.1 Å². The molecule has 37 heavy (non-hydrogen) atoms. The Morgan fingerprint density at radius 1 is 1.05 bits per heavy atom. The van der Waals surface area contributed by atoms with Gasteiger partial charge in [-0.25, -0.2) is 0 Å². The van der Waals surface area contributed by atoms with Crippen LogP contribution in [0.4, 0.5) is 26.3 Å². The highest BCUT2D eigenvalue weighted by molar-refractivity contribution is 5.70. The molecular weight excluding hydrogens is 504 g/mol. The fourth-order valence-corrected chi connectivity index (χ4v) is 3.94. The molecule has 0 aliphatic carbocycles. The van der Waals surface area contributed by atoms with Crippen molar-refractivity contribution < 1.29 is 40.2 Å². The Kier molecular flexibility index (Phi) is 7.14. The highest BCUT2D eigenvalue weighted by atomic mass is 19.4. The summed E-state index contributed by atoms with van der Waals surface area (Å²) in [6.07, 6.45) is -4.91. The smallest absolute Gasteiger partial charge is 0.419 e. The molecular formula is C24H22F6N5O2+. The Balaban J connectivity index is 1.49. The van der Waals surface area contributed by atoms with Crippen LogP contribution in [0.25, 0.3) is 17.5 Å². The van der Waals surface area contributed by atoms with Crippen molar-refractivity contribution in [2.24, 2.45) is 11.5 Å². The summed E-state index contributed by atoms with van der Waals surface area (Å²) in [5, 5.41) is 3.81. The van der Waals surface area contributed by atoms with E-state index in [0.29, 0.717) is 18.5 Å². The van der Waals surface area contributed by atoms with Crippen LogP contribution in [0.5, 0.6) is 5.75 Å². The van der Waals surface area contributed by atoms with Gasteiger partial charge in [-0.1, -0.05) is 23.4 Å². The average Bonchev–Trinajstić information content (AvgIpc) is 3.51. The van der Waals surface area contributed by atoms with Gasteiger partial charge in [0.15, 0.2) is 6.04 Å². The van der Waals surface area contributed by atoms with Crippen molar-refractivity contribution >= 4 is 12.0 Å². The van der Waals surface area contributed by atoms with E-state index in [-0.39, 0.29) is 35.9 Å². The Hall–Kier alpha value is -4.03. The molecule has 0 spiro atoms. The highest BCUT2D eigenvalue weighted by Gasteiger charge is 2.36. The van der Waals surface area contributed by atoms with E-state index in [1.807, 2.05) is 0 Å². The largest absolute Gasteiger partial charge is 0.489 e. The molecule has 0 radical (unpaired) electrons. The molecule has 196 valence electrons. The summed E-state index contributed by atoms with van der Waals surface area (Å²) >= 11 is 0. The average molecular weight is 526 g/mol. The molecule has 1 aromatic heterocycles. The van der Waals surface area contributed by atoms with Crippen LogP contribution in [-0.4, -0.2) is 33.8 Å². The fraction of sp³-hybridized carbons (Fsp3) is 0.292. The van der Waals surface area contributed by atoms with Crippen LogP contribution in [0.3, 0.4) is 0 Å². The first-order valence-electron chi connectivity index (χ1n) is 11.1. The molecule has 4 N–H and O–H groups in total. The number of rotatable bonds is 6. The van der Waals surface area contributed by atoms with Crippen molar-refractivity contribution in [2.75, 3.05) is 13.2 Å². The van der Waals surface area contributed by atoms with Crippen LogP contribution in [-0.2, 0) is 12.4 Å². The fourth-order valence-electron chi connectivity index (χ4n) is 3.94. The summed E-state index contributed by atoms with van der Waals surface area (Å²) in [5.41, 5.74) is 10.0. The van der Waals surface area contributed by atoms with E-state index in [0.717, 1.165) is 30.7 Å². The number of hydrogen-bond donors (Lipinski definition) is 2. The molecule has 0 bridgehead atoms. The van der Waals surface area contributed by atoms with Gasteiger partial charge in [0.05, 0.1) is 17.7 Å². The van der Waals surface area contributed by atoms with Gasteiger partial charge in [-0.3, -0.25) is 16.0 Å². The van der Waals surface area contributed by atoms with E-state index >= 15 is 0 Å². The van der Waals surface area contributed by atoms with E-state index in [9.17, 15) is 26.3 Å². The highest BCUT2D eigenvalue weighted by Crippen LogP contribution is 2.39. The summed E-state index contributed by atoms with van der Waals surface area (Å²) in [7, 11) is 0. The number of halogens is 6. The maximum Gasteiger partial charge on any atom is 0.419 e. The van der Waals surface area contributed by atoms with E-state index in [2.05, 4.69) is 10.1 Å². The minimum Gasteiger partial charge on any atom is -0.489 e. The van der Waals surface area contributed by atoms with Gasteiger partial charge in [0, 0.05) is 5.56 Å². The molecule has 2 aromatic carbocycles. The lowest BCUT2D eigenvalue weighted by atomic mass is 10.1. The van der Waals surface area contributed by atoms with Crippen LogP contribution in [0.1, 0.15) is 41.5 Å². The van der Waals surface area contributed by atoms with Gasteiger partial charge in [0.2, 0.25) is 5.82 Å². The van der Waals surface area contributed by atoms with E-state index in [1.54, 1.807) is 4.58 Å². The summed E-state index contributed by atoms with van der Waals surface area (Å²) in [6.45, 7) is 0.354. The molecule has 1 fully saturated rings. The molecule has 0 unspecified atom stereocenters. The third-order valence-electron chi connectivity index (χ3n) is 5.74. The zero-order valence-electron chi connectivity index (χ0n) is 19.2. The molecule has 0 amide bonds. The van der Waals surface area contributed by atoms with E-state index in [4.69, 9.17) is 20.7 Å². The third-order valence-corrected chi connectivity index (χ3v) is 5.74. The lowest BCUT2D eigenvalue weighted by Gasteiger charge is -2.14. The summed E-state index contributed by atoms with van der Waals surface area (Å²) < 4.78 is 91.5. The molecule has 1 atom stereocenters. The van der Waals surface area contributed by atoms with Gasteiger partial charge in [-0.15, -0.1) is 0 Å². The normalized spacial score (nSPS) is 16.5. The number of ether oxygens (including phenoxy) is 1. The second kappa shape index (κ2) is 10.1. The van der Waals surface area contributed by atoms with Crippen LogP contribution in [0.15, 0.2) is 53.1 Å². The summed E-state index contributed by atoms with van der Waals surface area (Å²) in [5.74, 6) is -0.167. The first-order valence-corrected chi connectivity index (χ1v) is 11.1. The van der Waals surface area contributed by atoms with Crippen molar-refractivity contribution in [3.63, 3.8) is 0 Å². The number of hydrogen-bond acceptors (Lipinski definition) is 4. The van der Waals surface area contributed by atoms with E-state index < -0.39 is 29.2 Å². The third kappa shape index (κ3) is 6.04. The van der Waals surface area contributed by atoms with Crippen molar-refractivity contribution in [1.29, 1.82) is 0 Å². The molecule has 1 aliphatic heterocycles. The van der Waals surface area contributed by atoms with Crippen LogP contribution < -0.4 is 16.2 Å². The molecule has 7 nitrogen and oxygen atoms in total. The number of aromatic nitrogens is 2. The van der Waals surface area contributed by atoms with Gasteiger partial charge in [0.1, 0.15) is 12.4 Å². The molecule has 13 heteroatoms. The van der Waals surface area contributed by atoms with Crippen LogP contribution in [0, 0.1) is 0 Å². The maximum absolute atomic E-state index is 13.8. The number of alkyl halides is 6. The molecule has 4 rings (SSSR count). The lowest BCUT2D eigenvalue weighted by molar-refractivity contribution is -0.555. The molecule has 1 aliphatic rings. The topological polar surface area (TPSA) is 103 Å². The van der Waals surface area contributed by atoms with Gasteiger partial charge in [0.25, 0.3) is 5.89 Å². The first kappa shape index (κ1) is 26.0. The molecule has 1 saturated heterocycles. The van der Waals surface area contributed by atoms with Crippen molar-refractivity contribution in [3.05, 3.63) is 71.1 Å². The monoisotopic (exact) mass is 526 g/mol. The minimum absolute atomic E-state index is 0.0308. The number of guanidine groups is 1. The minimum atomic E-state index is -4.74. The Morgan fingerprint density at radius 3 is 2.43 bits per heavy atom. The predicted molar refractivity (Wildman–Crippen MR) is 121 cm³/mol. The zero-order chi connectivity index (χ0) is 26.8. The van der Waals surface area contributed by atoms with E-state index in [1.165, 1.54) is 30.4 Å². The Morgan fingerprint density at radius 2 is 1.78 bits per heavy atom. The van der Waals surface area contributed by atoms with Gasteiger partial charge in [-0.2, -0.15) is 31.3 Å². The standard InChI is InChI=1S/C24H21F6N5O2/c25-23(26,27)16-8-5-14(6-9-16)3-2-12-36-19-10-7-15(13-17(19)24(28,29)30)20-33-21(37-34-20)18-4-1-11-35(18)22(31)32/h2-3,5-10,13,18H,1,4,11-12H2,(H3,31,32)/p+1/b3-2+/t18-/m0/s1. The number of benzene rings is 2. The van der Waals surface area contributed by atoms with Crippen LogP contribution in [0.2, 0.25) is 0 Å². The maximum atomic E-state index is 13.8. The second-order valence-electron chi connectivity index (χ2n) is 8.27. The quantitative estimate of drug-likeness (QED) is 0.267. The predicted octanol–water partition coefficient (Wildman–Crippen LogP) is 4.99. The zero-order valence-corrected chi connectivity index (χ0v) is 19.2. The second-order valence-corrected chi connectivity index (χ2v) is 8.27. The van der Waals surface area contributed by atoms with Gasteiger partial charge >= 0.3 is 18.3 Å². The lowest BCUT2D eigenvalue weighted by Crippen LogP contribution is -2.35. The van der Waals surface area contributed by atoms with Gasteiger partial charge < -0.3 is 9.26 Å². The number of nitrogens with two attached hydrogens (primary N) is 2. The van der Waals surface area contributed by atoms with Crippen LogP contribution >= 0.6 is 0 Å². The SMILES string of the molecule is NC(N)=[N+]1CCC[C@H]1c1nc(-c2ccc(OC/C=C/c3ccc(C(F)(F)F)cc3)c(C(F)(F)F)c2)no1. The summed E-state index contributed by atoms with van der Waals surface area (Å²) in [4.78, 5) is 4.24. The molecule has 0 saturated carbocycles. The Labute approximate surface area is 207 Å². The van der Waals surface area contributed by atoms with Gasteiger partial charge in [-0.05, 0) is 54.8 Å².